The molecule has 1 fully saturated rings. The first-order valence-corrected chi connectivity index (χ1v) is 8.92. The van der Waals surface area contributed by atoms with Gasteiger partial charge < -0.3 is 34.6 Å². The van der Waals surface area contributed by atoms with Crippen LogP contribution in [0.5, 0.6) is 0 Å². The fraction of sp³-hybridized carbons (Fsp3) is 0.500. The quantitative estimate of drug-likeness (QED) is 0.414. The number of ether oxygens (including phenoxy) is 1. The number of hydrogen-bond donors (Lipinski definition) is 5. The minimum Gasteiger partial charge on any atom is -0.387 e. The summed E-state index contributed by atoms with van der Waals surface area (Å²) in [5, 5.41) is 23.5. The predicted octanol–water partition coefficient (Wildman–Crippen LogP) is -1.14. The van der Waals surface area contributed by atoms with Gasteiger partial charge in [-0.1, -0.05) is 0 Å². The van der Waals surface area contributed by atoms with Gasteiger partial charge in [-0.2, -0.15) is 0 Å². The van der Waals surface area contributed by atoms with Crippen LogP contribution in [0.1, 0.15) is 6.23 Å². The molecule has 2 aliphatic heterocycles. The molecule has 0 radical (unpaired) electrons. The van der Waals surface area contributed by atoms with E-state index in [4.69, 9.17) is 14.5 Å². The Morgan fingerprint density at radius 3 is 2.92 bits per heavy atom. The lowest BCUT2D eigenvalue weighted by atomic mass is 10.1. The molecule has 1 saturated heterocycles. The zero-order chi connectivity index (χ0) is 17.8. The van der Waals surface area contributed by atoms with Crippen LogP contribution in [0.3, 0.4) is 0 Å². The molecule has 0 aliphatic carbocycles. The van der Waals surface area contributed by atoms with Crippen LogP contribution in [0.4, 0.5) is 5.82 Å². The van der Waals surface area contributed by atoms with E-state index in [0.717, 1.165) is 0 Å². The Balaban J connectivity index is 1.58. The first-order valence-electron chi connectivity index (χ1n) is 7.39. The highest BCUT2D eigenvalue weighted by molar-refractivity contribution is 7.46. The number of imidazole rings is 2. The van der Waals surface area contributed by atoms with Crippen molar-refractivity contribution in [2.75, 3.05) is 11.9 Å². The molecular formula is C12H16N5O7P. The molecule has 4 atom stereocenters. The lowest BCUT2D eigenvalue weighted by Crippen LogP contribution is -2.33. The van der Waals surface area contributed by atoms with E-state index in [1.54, 1.807) is 12.4 Å². The molecule has 0 saturated carbocycles. The molecule has 0 bridgehead atoms. The molecule has 0 spiro atoms. The van der Waals surface area contributed by atoms with Gasteiger partial charge in [-0.3, -0.25) is 9.09 Å². The van der Waals surface area contributed by atoms with Crippen molar-refractivity contribution in [3.8, 4) is 11.5 Å². The summed E-state index contributed by atoms with van der Waals surface area (Å²) in [6.45, 7) is -0.113. The van der Waals surface area contributed by atoms with Crippen LogP contribution in [-0.4, -0.2) is 64.0 Å². The molecule has 2 aromatic rings. The number of anilines is 1. The van der Waals surface area contributed by atoms with Crippen LogP contribution in [-0.2, 0) is 20.5 Å². The molecule has 12 nitrogen and oxygen atoms in total. The summed E-state index contributed by atoms with van der Waals surface area (Å²) >= 11 is 0. The Bertz CT molecular complexity index is 832. The van der Waals surface area contributed by atoms with Crippen LogP contribution in [0.15, 0.2) is 18.7 Å². The van der Waals surface area contributed by atoms with Gasteiger partial charge in [0, 0.05) is 12.4 Å². The maximum absolute atomic E-state index is 10.8. The lowest BCUT2D eigenvalue weighted by molar-refractivity contribution is -0.0511. The van der Waals surface area contributed by atoms with E-state index in [-0.39, 0.29) is 0 Å². The standard InChI is InChI=1S/C12H16N5O7P/c18-8-6(3-23-25(20,21)22)24-12(9(8)19)17-5-14-7-10-13-1-2-16(10)4-15-11(7)17/h1-2,5-6,8-9,12,15,18-19H,3-4H2,(H2,20,21,22)/t6-,8-,9-,12-/m1/s1. The van der Waals surface area contributed by atoms with Crippen LogP contribution in [0, 0.1) is 0 Å². The first kappa shape index (κ1) is 16.7. The van der Waals surface area contributed by atoms with Gasteiger partial charge in [0.25, 0.3) is 0 Å². The number of phosphoric acid groups is 1. The van der Waals surface area contributed by atoms with E-state index >= 15 is 0 Å². The Hall–Kier alpha value is -1.79. The van der Waals surface area contributed by atoms with E-state index in [1.807, 2.05) is 4.57 Å². The number of aliphatic hydroxyl groups excluding tert-OH is 2. The predicted molar refractivity (Wildman–Crippen MR) is 81.0 cm³/mol. The van der Waals surface area contributed by atoms with Crippen molar-refractivity contribution in [2.24, 2.45) is 0 Å². The van der Waals surface area contributed by atoms with Crippen molar-refractivity contribution in [3.05, 3.63) is 18.7 Å². The normalized spacial score (nSPS) is 28.5. The summed E-state index contributed by atoms with van der Waals surface area (Å²) in [6.07, 6.45) is 0.0824. The van der Waals surface area contributed by atoms with Crippen molar-refractivity contribution < 1.29 is 33.8 Å². The van der Waals surface area contributed by atoms with Crippen molar-refractivity contribution in [2.45, 2.75) is 31.2 Å². The lowest BCUT2D eigenvalue weighted by Gasteiger charge is -2.23. The zero-order valence-electron chi connectivity index (χ0n) is 12.7. The topological polar surface area (TPSA) is 164 Å². The number of fused-ring (bicyclic) bond motifs is 3. The molecular weight excluding hydrogens is 357 g/mol. The highest BCUT2D eigenvalue weighted by Crippen LogP contribution is 2.40. The van der Waals surface area contributed by atoms with Gasteiger partial charge >= 0.3 is 7.82 Å². The molecule has 25 heavy (non-hydrogen) atoms. The van der Waals surface area contributed by atoms with E-state index in [2.05, 4.69) is 19.8 Å². The highest BCUT2D eigenvalue weighted by Gasteiger charge is 2.45. The fourth-order valence-corrected chi connectivity index (χ4v) is 3.32. The SMILES string of the molecule is O=P(O)(O)OC[C@H]1O[C@@H](n2cnc3c2NCn2ccnc2-3)[C@H](O)[C@@H]1O. The van der Waals surface area contributed by atoms with E-state index in [1.165, 1.54) is 10.9 Å². The average molecular weight is 373 g/mol. The van der Waals surface area contributed by atoms with Crippen LogP contribution < -0.4 is 5.32 Å². The Labute approximate surface area is 140 Å². The molecule has 13 heteroatoms. The third-order valence-electron chi connectivity index (χ3n) is 4.16. The molecule has 0 unspecified atom stereocenters. The Morgan fingerprint density at radius 2 is 2.16 bits per heavy atom. The van der Waals surface area contributed by atoms with Gasteiger partial charge in [-0.25, -0.2) is 14.5 Å². The summed E-state index contributed by atoms with van der Waals surface area (Å²) in [4.78, 5) is 26.0. The van der Waals surface area contributed by atoms with Gasteiger partial charge in [0.15, 0.2) is 12.1 Å². The average Bonchev–Trinajstić information content (AvgIpc) is 3.23. The Kier molecular flexibility index (Phi) is 3.92. The second-order valence-corrected chi connectivity index (χ2v) is 6.98. The van der Waals surface area contributed by atoms with Gasteiger partial charge in [-0.15, -0.1) is 0 Å². The van der Waals surface area contributed by atoms with E-state index in [0.29, 0.717) is 24.0 Å². The number of aromatic nitrogens is 4. The van der Waals surface area contributed by atoms with Gasteiger partial charge in [0.2, 0.25) is 0 Å². The number of rotatable bonds is 4. The summed E-state index contributed by atoms with van der Waals surface area (Å²) in [6, 6.07) is 0. The molecule has 2 aliphatic rings. The number of phosphoric ester groups is 1. The zero-order valence-corrected chi connectivity index (χ0v) is 13.6. The fourth-order valence-electron chi connectivity index (χ4n) is 2.97. The van der Waals surface area contributed by atoms with Gasteiger partial charge in [0.05, 0.1) is 19.6 Å². The molecule has 4 heterocycles. The molecule has 0 aromatic carbocycles. The second-order valence-electron chi connectivity index (χ2n) is 5.74. The van der Waals surface area contributed by atoms with Crippen LogP contribution in [0.25, 0.3) is 11.5 Å². The van der Waals surface area contributed by atoms with Crippen molar-refractivity contribution in [1.29, 1.82) is 0 Å². The summed E-state index contributed by atoms with van der Waals surface area (Å²) in [5.41, 5.74) is 0.566. The van der Waals surface area contributed by atoms with Crippen molar-refractivity contribution in [1.82, 2.24) is 19.1 Å². The van der Waals surface area contributed by atoms with Crippen LogP contribution in [0.2, 0.25) is 0 Å². The largest absolute Gasteiger partial charge is 0.469 e. The molecule has 0 amide bonds. The number of aliphatic hydroxyl groups is 2. The highest BCUT2D eigenvalue weighted by atomic mass is 31.2. The van der Waals surface area contributed by atoms with E-state index in [9.17, 15) is 14.8 Å². The summed E-state index contributed by atoms with van der Waals surface area (Å²) in [7, 11) is -4.71. The summed E-state index contributed by atoms with van der Waals surface area (Å²) < 4.78 is 24.1. The smallest absolute Gasteiger partial charge is 0.387 e. The molecule has 136 valence electrons. The third-order valence-corrected chi connectivity index (χ3v) is 4.64. The maximum atomic E-state index is 10.8. The number of nitrogens with one attached hydrogen (secondary N) is 1. The number of hydrogen-bond acceptors (Lipinski definition) is 8. The minimum absolute atomic E-state index is 0.449. The minimum atomic E-state index is -4.71. The van der Waals surface area contributed by atoms with Crippen LogP contribution >= 0.6 is 7.82 Å². The molecule has 5 N–H and O–H groups in total. The van der Waals surface area contributed by atoms with Crippen molar-refractivity contribution in [3.63, 3.8) is 0 Å². The summed E-state index contributed by atoms with van der Waals surface area (Å²) in [5.74, 6) is 1.22. The van der Waals surface area contributed by atoms with E-state index < -0.39 is 39.0 Å². The van der Waals surface area contributed by atoms with Gasteiger partial charge in [0.1, 0.15) is 29.8 Å². The first-order chi connectivity index (χ1) is 11.8. The van der Waals surface area contributed by atoms with Crippen molar-refractivity contribution >= 4 is 13.6 Å². The second kappa shape index (κ2) is 5.88. The maximum Gasteiger partial charge on any atom is 0.469 e. The molecule has 2 aromatic heterocycles. The monoisotopic (exact) mass is 373 g/mol. The Morgan fingerprint density at radius 1 is 1.36 bits per heavy atom. The third kappa shape index (κ3) is 2.87. The number of nitrogens with zero attached hydrogens (tertiary/aromatic N) is 4. The molecule has 4 rings (SSSR count). The van der Waals surface area contributed by atoms with Gasteiger partial charge in [-0.05, 0) is 0 Å².